The van der Waals surface area contributed by atoms with E-state index in [9.17, 15) is 9.59 Å². The monoisotopic (exact) mass is 301 g/mol. The fourth-order valence-corrected chi connectivity index (χ4v) is 2.67. The number of hydrogen-bond donors (Lipinski definition) is 0. The van der Waals surface area contributed by atoms with Crippen LogP contribution in [-0.4, -0.2) is 27.2 Å². The Morgan fingerprint density at radius 1 is 1.14 bits per heavy atom. The molecule has 22 heavy (non-hydrogen) atoms. The van der Waals surface area contributed by atoms with Gasteiger partial charge in [0.2, 0.25) is 0 Å². The van der Waals surface area contributed by atoms with Crippen molar-refractivity contribution in [1.29, 1.82) is 0 Å². The zero-order valence-electron chi connectivity index (χ0n) is 12.8. The molecule has 2 heterocycles. The molecule has 0 fully saturated rings. The first-order valence-electron chi connectivity index (χ1n) is 7.25. The topological polar surface area (TPSA) is 56.5 Å². The van der Waals surface area contributed by atoms with Crippen LogP contribution >= 0.6 is 0 Å². The van der Waals surface area contributed by atoms with Crippen molar-refractivity contribution < 1.29 is 4.74 Å². The zero-order valence-corrected chi connectivity index (χ0v) is 12.8. The molecule has 0 saturated heterocycles. The third-order valence-corrected chi connectivity index (χ3v) is 4.04. The van der Waals surface area contributed by atoms with Crippen LogP contribution in [0.3, 0.4) is 0 Å². The Morgan fingerprint density at radius 2 is 1.91 bits per heavy atom. The summed E-state index contributed by atoms with van der Waals surface area (Å²) in [4.78, 5) is 26.0. The van der Waals surface area contributed by atoms with E-state index < -0.39 is 0 Å². The SMILES string of the molecule is Cn1c(CN2CCOc3ccccc3C2)cc(=O)n(C)c1=O. The van der Waals surface area contributed by atoms with Crippen LogP contribution in [0.15, 0.2) is 39.9 Å². The van der Waals surface area contributed by atoms with Crippen molar-refractivity contribution in [3.8, 4) is 5.75 Å². The lowest BCUT2D eigenvalue weighted by Crippen LogP contribution is -2.39. The summed E-state index contributed by atoms with van der Waals surface area (Å²) in [5.74, 6) is 0.905. The molecular weight excluding hydrogens is 282 g/mol. The summed E-state index contributed by atoms with van der Waals surface area (Å²) in [7, 11) is 3.18. The van der Waals surface area contributed by atoms with Crippen LogP contribution < -0.4 is 16.0 Å². The Hall–Kier alpha value is -2.34. The van der Waals surface area contributed by atoms with Gasteiger partial charge in [-0.15, -0.1) is 0 Å². The van der Waals surface area contributed by atoms with Gasteiger partial charge in [0.1, 0.15) is 12.4 Å². The van der Waals surface area contributed by atoms with Crippen LogP contribution in [0.25, 0.3) is 0 Å². The van der Waals surface area contributed by atoms with Gasteiger partial charge in [0.05, 0.1) is 0 Å². The summed E-state index contributed by atoms with van der Waals surface area (Å²) in [6, 6.07) is 9.47. The number of fused-ring (bicyclic) bond motifs is 1. The number of nitrogens with zero attached hydrogens (tertiary/aromatic N) is 3. The van der Waals surface area contributed by atoms with Crippen molar-refractivity contribution in [2.75, 3.05) is 13.2 Å². The molecule has 116 valence electrons. The van der Waals surface area contributed by atoms with E-state index in [-0.39, 0.29) is 11.2 Å². The number of benzene rings is 1. The third kappa shape index (κ3) is 2.69. The van der Waals surface area contributed by atoms with E-state index >= 15 is 0 Å². The van der Waals surface area contributed by atoms with Crippen LogP contribution in [0, 0.1) is 0 Å². The molecule has 0 saturated carbocycles. The number of ether oxygens (including phenoxy) is 1. The second kappa shape index (κ2) is 5.81. The van der Waals surface area contributed by atoms with Crippen molar-refractivity contribution in [1.82, 2.24) is 14.0 Å². The molecule has 0 radical (unpaired) electrons. The average molecular weight is 301 g/mol. The van der Waals surface area contributed by atoms with Gasteiger partial charge in [-0.3, -0.25) is 18.8 Å². The molecule has 0 atom stereocenters. The number of aromatic nitrogens is 2. The van der Waals surface area contributed by atoms with Gasteiger partial charge in [-0.1, -0.05) is 18.2 Å². The maximum absolute atomic E-state index is 12.0. The van der Waals surface area contributed by atoms with E-state index in [2.05, 4.69) is 4.90 Å². The first-order chi connectivity index (χ1) is 10.6. The minimum Gasteiger partial charge on any atom is -0.492 e. The Bertz CT molecular complexity index is 807. The molecule has 1 aliphatic heterocycles. The number of para-hydroxylation sites is 1. The van der Waals surface area contributed by atoms with Gasteiger partial charge >= 0.3 is 5.69 Å². The highest BCUT2D eigenvalue weighted by Gasteiger charge is 2.16. The molecule has 1 aliphatic rings. The van der Waals surface area contributed by atoms with Crippen LogP contribution in [0.5, 0.6) is 5.75 Å². The molecule has 0 spiro atoms. The Morgan fingerprint density at radius 3 is 2.73 bits per heavy atom. The normalized spacial score (nSPS) is 15.0. The summed E-state index contributed by atoms with van der Waals surface area (Å²) >= 11 is 0. The lowest BCUT2D eigenvalue weighted by atomic mass is 10.2. The minimum atomic E-state index is -0.297. The van der Waals surface area contributed by atoms with Crippen molar-refractivity contribution in [3.63, 3.8) is 0 Å². The van der Waals surface area contributed by atoms with Gasteiger partial charge in [-0.2, -0.15) is 0 Å². The predicted octanol–water partition coefficient (Wildman–Crippen LogP) is 0.479. The lowest BCUT2D eigenvalue weighted by Gasteiger charge is -2.20. The van der Waals surface area contributed by atoms with E-state index in [0.717, 1.165) is 29.0 Å². The molecule has 0 unspecified atom stereocenters. The maximum atomic E-state index is 12.0. The third-order valence-electron chi connectivity index (χ3n) is 4.04. The number of hydrogen-bond acceptors (Lipinski definition) is 4. The first kappa shape index (κ1) is 14.6. The Kier molecular flexibility index (Phi) is 3.85. The smallest absolute Gasteiger partial charge is 0.330 e. The second-order valence-corrected chi connectivity index (χ2v) is 5.54. The molecular formula is C16H19N3O3. The van der Waals surface area contributed by atoms with E-state index in [0.29, 0.717) is 18.8 Å². The lowest BCUT2D eigenvalue weighted by molar-refractivity contribution is 0.215. The molecule has 0 N–H and O–H groups in total. The van der Waals surface area contributed by atoms with Crippen molar-refractivity contribution in [3.05, 3.63) is 62.4 Å². The van der Waals surface area contributed by atoms with Crippen LogP contribution in [0.1, 0.15) is 11.3 Å². The van der Waals surface area contributed by atoms with Gasteiger partial charge < -0.3 is 4.74 Å². The largest absolute Gasteiger partial charge is 0.492 e. The second-order valence-electron chi connectivity index (χ2n) is 5.54. The zero-order chi connectivity index (χ0) is 15.7. The summed E-state index contributed by atoms with van der Waals surface area (Å²) in [5, 5.41) is 0. The van der Waals surface area contributed by atoms with Crippen LogP contribution in [-0.2, 0) is 27.2 Å². The summed E-state index contributed by atoms with van der Waals surface area (Å²) in [5.41, 5.74) is 1.26. The summed E-state index contributed by atoms with van der Waals surface area (Å²) in [6.45, 7) is 2.62. The maximum Gasteiger partial charge on any atom is 0.330 e. The van der Waals surface area contributed by atoms with Gasteiger partial charge in [0.15, 0.2) is 0 Å². The van der Waals surface area contributed by atoms with E-state index in [1.807, 2.05) is 24.3 Å². The highest BCUT2D eigenvalue weighted by atomic mass is 16.5. The molecule has 6 heteroatoms. The van der Waals surface area contributed by atoms with Gasteiger partial charge in [-0.25, -0.2) is 4.79 Å². The van der Waals surface area contributed by atoms with Crippen molar-refractivity contribution in [2.24, 2.45) is 14.1 Å². The first-order valence-corrected chi connectivity index (χ1v) is 7.25. The van der Waals surface area contributed by atoms with E-state index in [4.69, 9.17) is 4.74 Å². The average Bonchev–Trinajstić information content (AvgIpc) is 2.72. The van der Waals surface area contributed by atoms with Crippen LogP contribution in [0.4, 0.5) is 0 Å². The quantitative estimate of drug-likeness (QED) is 0.809. The van der Waals surface area contributed by atoms with Gasteiger partial charge in [0.25, 0.3) is 5.56 Å². The molecule has 1 aromatic heterocycles. The molecule has 1 aromatic carbocycles. The molecule has 2 aromatic rings. The molecule has 3 rings (SSSR count). The van der Waals surface area contributed by atoms with Crippen molar-refractivity contribution in [2.45, 2.75) is 13.1 Å². The molecule has 0 bridgehead atoms. The summed E-state index contributed by atoms with van der Waals surface area (Å²) in [6.07, 6.45) is 0. The fraction of sp³-hybridized carbons (Fsp3) is 0.375. The molecule has 6 nitrogen and oxygen atoms in total. The van der Waals surface area contributed by atoms with Gasteiger partial charge in [-0.05, 0) is 6.07 Å². The molecule has 0 amide bonds. The fourth-order valence-electron chi connectivity index (χ4n) is 2.67. The predicted molar refractivity (Wildman–Crippen MR) is 83.0 cm³/mol. The Labute approximate surface area is 128 Å². The molecule has 0 aliphatic carbocycles. The standard InChI is InChI=1S/C16H19N3O3/c1-17-13(9-15(20)18(2)16(17)21)11-19-7-8-22-14-6-4-3-5-12(14)10-19/h3-6,9H,7-8,10-11H2,1-2H3. The highest BCUT2D eigenvalue weighted by Crippen LogP contribution is 2.22. The van der Waals surface area contributed by atoms with E-state index in [1.165, 1.54) is 17.7 Å². The Balaban J connectivity index is 1.88. The highest BCUT2D eigenvalue weighted by molar-refractivity contribution is 5.33. The van der Waals surface area contributed by atoms with Crippen molar-refractivity contribution >= 4 is 0 Å². The van der Waals surface area contributed by atoms with E-state index in [1.54, 1.807) is 7.05 Å². The number of rotatable bonds is 2. The minimum absolute atomic E-state index is 0.274. The van der Waals surface area contributed by atoms with Crippen LogP contribution in [0.2, 0.25) is 0 Å². The summed E-state index contributed by atoms with van der Waals surface area (Å²) < 4.78 is 8.38. The van der Waals surface area contributed by atoms with Gasteiger partial charge in [0, 0.05) is 51.1 Å².